The number of ether oxygens (including phenoxy) is 3. The Morgan fingerprint density at radius 1 is 1.19 bits per heavy atom. The molecule has 3 heterocycles. The second kappa shape index (κ2) is 6.61. The minimum absolute atomic E-state index is 0.301. The number of benzene rings is 1. The van der Waals surface area contributed by atoms with E-state index in [0.29, 0.717) is 0 Å². The van der Waals surface area contributed by atoms with Crippen molar-refractivity contribution < 1.29 is 24.1 Å². The van der Waals surface area contributed by atoms with Gasteiger partial charge in [-0.2, -0.15) is 0 Å². The predicted molar refractivity (Wildman–Crippen MR) is 86.9 cm³/mol. The Morgan fingerprint density at radius 2 is 1.92 bits per heavy atom. The van der Waals surface area contributed by atoms with Crippen molar-refractivity contribution in [3.8, 4) is 0 Å². The lowest BCUT2D eigenvalue weighted by atomic mass is 10.1. The Labute approximate surface area is 147 Å². The van der Waals surface area contributed by atoms with E-state index in [4.69, 9.17) is 19.9 Å². The lowest BCUT2D eigenvalue weighted by Gasteiger charge is -2.21. The first-order valence-corrected chi connectivity index (χ1v) is 8.09. The van der Waals surface area contributed by atoms with E-state index in [9.17, 15) is 14.7 Å². The molecule has 2 aromatic rings. The van der Waals surface area contributed by atoms with E-state index >= 15 is 0 Å². The lowest BCUT2D eigenvalue weighted by molar-refractivity contribution is -0.154. The van der Waals surface area contributed by atoms with Gasteiger partial charge in [0.2, 0.25) is 0 Å². The molecule has 2 aliphatic rings. The number of aromatic nitrogens is 2. The van der Waals surface area contributed by atoms with Crippen LogP contribution in [0, 0.1) is 0 Å². The number of carbonyl (C=O) groups excluding carboxylic acids is 1. The molecular formula is C17H17N3O6. The summed E-state index contributed by atoms with van der Waals surface area (Å²) in [5, 5.41) is 9.61. The summed E-state index contributed by atoms with van der Waals surface area (Å²) in [6.45, 7) is -0.301. The fourth-order valence-electron chi connectivity index (χ4n) is 3.27. The Morgan fingerprint density at radius 3 is 2.62 bits per heavy atom. The number of aliphatic hydroxyl groups is 1. The Balaban J connectivity index is 1.68. The molecular weight excluding hydrogens is 342 g/mol. The number of hydrogen-bond acceptors (Lipinski definition) is 7. The maximum absolute atomic E-state index is 12.5. The van der Waals surface area contributed by atoms with Crippen molar-refractivity contribution in [1.29, 1.82) is 0 Å². The van der Waals surface area contributed by atoms with Gasteiger partial charge in [-0.05, 0) is 0 Å². The predicted octanol–water partition coefficient (Wildman–Crippen LogP) is -0.285. The Bertz CT molecular complexity index is 870. The van der Waals surface area contributed by atoms with Crippen LogP contribution >= 0.6 is 0 Å². The Hall–Kier alpha value is -2.59. The number of rotatable bonds is 4. The number of nitrogens with two attached hydrogens (primary N) is 1. The van der Waals surface area contributed by atoms with Crippen LogP contribution in [-0.2, 0) is 14.2 Å². The molecule has 2 fully saturated rings. The molecule has 2 saturated heterocycles. The molecule has 9 nitrogen and oxygen atoms in total. The molecule has 9 heteroatoms. The van der Waals surface area contributed by atoms with Crippen LogP contribution in [0.15, 0.2) is 47.5 Å². The number of hydrogen-bond donors (Lipinski definition) is 2. The first-order chi connectivity index (χ1) is 12.6. The quantitative estimate of drug-likeness (QED) is 0.768. The van der Waals surface area contributed by atoms with Crippen LogP contribution in [0.3, 0.4) is 0 Å². The maximum atomic E-state index is 12.5. The van der Waals surface area contributed by atoms with Crippen molar-refractivity contribution in [3.63, 3.8) is 0 Å². The molecule has 26 heavy (non-hydrogen) atoms. The number of carbonyl (C=O) groups is 1. The minimum atomic E-state index is -0.927. The highest BCUT2D eigenvalue weighted by atomic mass is 16.8. The van der Waals surface area contributed by atoms with Crippen molar-refractivity contribution >= 4 is 5.91 Å². The van der Waals surface area contributed by atoms with Crippen molar-refractivity contribution in [2.45, 2.75) is 30.8 Å². The summed E-state index contributed by atoms with van der Waals surface area (Å²) in [7, 11) is 0. The smallest absolute Gasteiger partial charge is 0.284 e. The van der Waals surface area contributed by atoms with Crippen LogP contribution in [0.4, 0.5) is 0 Å². The van der Waals surface area contributed by atoms with Crippen LogP contribution in [0.25, 0.3) is 0 Å². The highest BCUT2D eigenvalue weighted by Gasteiger charge is 2.53. The highest BCUT2D eigenvalue weighted by Crippen LogP contribution is 2.43. The van der Waals surface area contributed by atoms with Gasteiger partial charge in [-0.25, -0.2) is 4.98 Å². The molecule has 0 saturated carbocycles. The van der Waals surface area contributed by atoms with Gasteiger partial charge in [-0.3, -0.25) is 14.2 Å². The van der Waals surface area contributed by atoms with Crippen LogP contribution in [0.2, 0.25) is 0 Å². The van der Waals surface area contributed by atoms with Crippen molar-refractivity contribution in [3.05, 3.63) is 64.3 Å². The van der Waals surface area contributed by atoms with E-state index in [1.807, 2.05) is 30.3 Å². The zero-order valence-corrected chi connectivity index (χ0v) is 13.6. The molecule has 1 amide bonds. The van der Waals surface area contributed by atoms with E-state index in [1.165, 1.54) is 17.0 Å². The summed E-state index contributed by atoms with van der Waals surface area (Å²) < 4.78 is 18.8. The standard InChI is InChI=1S/C17H17N3O6/c18-14(22)11-15(23)20(7-6-19-11)16-13-12(10(8-21)24-16)25-17(26-13)9-4-2-1-3-5-9/h1-7,10,12-13,16-17,21H,8H2,(H2,18,22)/t10-,12-,13-,16-,17?/m1/s1. The van der Waals surface area contributed by atoms with Gasteiger partial charge in [0.15, 0.2) is 18.2 Å². The molecule has 1 aromatic heterocycles. The molecule has 3 N–H and O–H groups in total. The Kier molecular flexibility index (Phi) is 4.29. The molecule has 0 spiro atoms. The topological polar surface area (TPSA) is 126 Å². The molecule has 5 atom stereocenters. The van der Waals surface area contributed by atoms with Gasteiger partial charge in [0.1, 0.15) is 18.3 Å². The first-order valence-electron chi connectivity index (χ1n) is 8.09. The van der Waals surface area contributed by atoms with E-state index in [1.54, 1.807) is 0 Å². The van der Waals surface area contributed by atoms with E-state index in [2.05, 4.69) is 4.98 Å². The van der Waals surface area contributed by atoms with Crippen LogP contribution in [0.5, 0.6) is 0 Å². The number of nitrogens with zero attached hydrogens (tertiary/aromatic N) is 2. The normalized spacial score (nSPS) is 30.3. The third kappa shape index (κ3) is 2.71. The molecule has 4 rings (SSSR count). The van der Waals surface area contributed by atoms with Gasteiger partial charge in [-0.15, -0.1) is 0 Å². The van der Waals surface area contributed by atoms with Gasteiger partial charge in [-0.1, -0.05) is 30.3 Å². The van der Waals surface area contributed by atoms with Crippen molar-refractivity contribution in [2.24, 2.45) is 5.73 Å². The number of aliphatic hydroxyl groups excluding tert-OH is 1. The van der Waals surface area contributed by atoms with Crippen LogP contribution in [0.1, 0.15) is 28.6 Å². The number of fused-ring (bicyclic) bond motifs is 1. The van der Waals surface area contributed by atoms with E-state index in [-0.39, 0.29) is 6.61 Å². The lowest BCUT2D eigenvalue weighted by Crippen LogP contribution is -2.37. The number of primary amides is 1. The second-order valence-corrected chi connectivity index (χ2v) is 6.04. The molecule has 136 valence electrons. The molecule has 0 bridgehead atoms. The van der Waals surface area contributed by atoms with Crippen LogP contribution < -0.4 is 11.3 Å². The zero-order chi connectivity index (χ0) is 18.3. The molecule has 1 unspecified atom stereocenters. The van der Waals surface area contributed by atoms with Crippen molar-refractivity contribution in [1.82, 2.24) is 9.55 Å². The third-order valence-electron chi connectivity index (χ3n) is 4.47. The second-order valence-electron chi connectivity index (χ2n) is 6.04. The largest absolute Gasteiger partial charge is 0.394 e. The fraction of sp³-hybridized carbons (Fsp3) is 0.353. The summed E-state index contributed by atoms with van der Waals surface area (Å²) >= 11 is 0. The maximum Gasteiger partial charge on any atom is 0.284 e. The van der Waals surface area contributed by atoms with Gasteiger partial charge in [0.25, 0.3) is 11.5 Å². The fourth-order valence-corrected chi connectivity index (χ4v) is 3.27. The molecule has 1 aromatic carbocycles. The van der Waals surface area contributed by atoms with Gasteiger partial charge >= 0.3 is 0 Å². The molecule has 2 aliphatic heterocycles. The average molecular weight is 359 g/mol. The van der Waals surface area contributed by atoms with Gasteiger partial charge in [0.05, 0.1) is 6.61 Å². The molecule has 0 radical (unpaired) electrons. The van der Waals surface area contributed by atoms with Crippen molar-refractivity contribution in [2.75, 3.05) is 6.61 Å². The van der Waals surface area contributed by atoms with Crippen LogP contribution in [-0.4, -0.2) is 45.5 Å². The monoisotopic (exact) mass is 359 g/mol. The summed E-state index contributed by atoms with van der Waals surface area (Å²) in [5.74, 6) is -0.927. The van der Waals surface area contributed by atoms with E-state index < -0.39 is 48.0 Å². The zero-order valence-electron chi connectivity index (χ0n) is 13.6. The van der Waals surface area contributed by atoms with Gasteiger partial charge < -0.3 is 25.1 Å². The molecule has 0 aliphatic carbocycles. The minimum Gasteiger partial charge on any atom is -0.394 e. The summed E-state index contributed by atoms with van der Waals surface area (Å²) in [6.07, 6.45) is -0.716. The van der Waals surface area contributed by atoms with Gasteiger partial charge in [0, 0.05) is 18.0 Å². The average Bonchev–Trinajstić information content (AvgIpc) is 3.22. The summed E-state index contributed by atoms with van der Waals surface area (Å²) in [6, 6.07) is 9.32. The van der Waals surface area contributed by atoms with E-state index in [0.717, 1.165) is 5.56 Å². The third-order valence-corrected chi connectivity index (χ3v) is 4.47. The number of amides is 1. The SMILES string of the molecule is NC(=O)c1nccn([C@@H]2O[C@H](CO)[C@H]3OC(c4ccccc4)O[C@H]32)c1=O. The summed E-state index contributed by atoms with van der Waals surface area (Å²) in [4.78, 5) is 27.6. The highest BCUT2D eigenvalue weighted by molar-refractivity contribution is 5.90. The first kappa shape index (κ1) is 16.9. The summed E-state index contributed by atoms with van der Waals surface area (Å²) in [5.41, 5.74) is 4.93.